The summed E-state index contributed by atoms with van der Waals surface area (Å²) in [5.41, 5.74) is 0. The summed E-state index contributed by atoms with van der Waals surface area (Å²) in [5, 5.41) is 0.356. The molecule has 0 aliphatic carbocycles. The highest BCUT2D eigenvalue weighted by Gasteiger charge is 2.32. The van der Waals surface area contributed by atoms with Gasteiger partial charge in [0.05, 0.1) is 0 Å². The lowest BCUT2D eigenvalue weighted by atomic mass is 10.2. The van der Waals surface area contributed by atoms with Crippen LogP contribution in [0.3, 0.4) is 0 Å². The second kappa shape index (κ2) is 9.15. The fourth-order valence-electron chi connectivity index (χ4n) is 2.32. The van der Waals surface area contributed by atoms with Crippen LogP contribution in [0.2, 0.25) is 0 Å². The molecule has 1 heterocycles. The van der Waals surface area contributed by atoms with Gasteiger partial charge in [0, 0.05) is 10.5 Å². The van der Waals surface area contributed by atoms with Crippen molar-refractivity contribution in [2.24, 2.45) is 0 Å². The quantitative estimate of drug-likeness (QED) is 0.552. The summed E-state index contributed by atoms with van der Waals surface area (Å²) in [6.45, 7) is 0.530. The molecule has 2 atom stereocenters. The Balaban J connectivity index is 1.26. The van der Waals surface area contributed by atoms with Crippen molar-refractivity contribution in [1.29, 1.82) is 0 Å². The van der Waals surface area contributed by atoms with E-state index < -0.39 is 12.3 Å². The predicted octanol–water partition coefficient (Wildman–Crippen LogP) is 4.29. The summed E-state index contributed by atoms with van der Waals surface area (Å²) >= 11 is 1.60. The van der Waals surface area contributed by atoms with Gasteiger partial charge in [-0.3, -0.25) is 0 Å². The topological polar surface area (TPSA) is 71.1 Å². The maximum absolute atomic E-state index is 11.6. The van der Waals surface area contributed by atoms with E-state index in [-0.39, 0.29) is 23.7 Å². The average molecular weight is 374 g/mol. The van der Waals surface area contributed by atoms with Crippen molar-refractivity contribution >= 4 is 24.1 Å². The molecule has 3 rings (SSSR count). The van der Waals surface area contributed by atoms with Gasteiger partial charge in [-0.1, -0.05) is 36.4 Å². The van der Waals surface area contributed by atoms with Crippen LogP contribution < -0.4 is 9.47 Å². The van der Waals surface area contributed by atoms with Crippen LogP contribution in [0.25, 0.3) is 0 Å². The number of rotatable bonds is 6. The van der Waals surface area contributed by atoms with Gasteiger partial charge in [0.2, 0.25) is 0 Å². The first-order valence-corrected chi connectivity index (χ1v) is 9.08. The zero-order chi connectivity index (χ0) is 18.2. The minimum absolute atomic E-state index is 0.178. The molecule has 0 aromatic heterocycles. The van der Waals surface area contributed by atoms with E-state index in [1.54, 1.807) is 60.3 Å². The molecule has 6 nitrogen and oxygen atoms in total. The normalized spacial score (nSPS) is 18.3. The van der Waals surface area contributed by atoms with Gasteiger partial charge in [-0.2, -0.15) is 0 Å². The van der Waals surface area contributed by atoms with Crippen molar-refractivity contribution in [1.82, 2.24) is 0 Å². The standard InChI is InChI=1S/C19H18O6S/c20-18(24-14-7-3-1-4-8-14)22-12-16-11-17(26-16)13-23-19(21)25-15-9-5-2-6-10-15/h1-10,16-17H,11-13H2/t16-,17-/m0/s1. The van der Waals surface area contributed by atoms with Gasteiger partial charge in [0.15, 0.2) is 0 Å². The number of benzene rings is 2. The first-order chi connectivity index (χ1) is 12.7. The van der Waals surface area contributed by atoms with E-state index in [0.717, 1.165) is 6.42 Å². The highest BCUT2D eigenvalue weighted by Crippen LogP contribution is 2.36. The molecule has 0 saturated carbocycles. The van der Waals surface area contributed by atoms with Gasteiger partial charge >= 0.3 is 12.3 Å². The third kappa shape index (κ3) is 5.70. The summed E-state index contributed by atoms with van der Waals surface area (Å²) in [6.07, 6.45) is -0.645. The molecule has 0 spiro atoms. The zero-order valence-electron chi connectivity index (χ0n) is 13.9. The Bertz CT molecular complexity index is 654. The third-order valence-electron chi connectivity index (χ3n) is 3.57. The van der Waals surface area contributed by atoms with E-state index in [1.165, 1.54) is 0 Å². The number of thioether (sulfide) groups is 1. The molecular weight excluding hydrogens is 356 g/mol. The van der Waals surface area contributed by atoms with Crippen LogP contribution in [0.4, 0.5) is 9.59 Å². The largest absolute Gasteiger partial charge is 0.513 e. The monoisotopic (exact) mass is 374 g/mol. The molecule has 0 radical (unpaired) electrons. The lowest BCUT2D eigenvalue weighted by Gasteiger charge is -2.33. The van der Waals surface area contributed by atoms with Crippen molar-refractivity contribution in [2.45, 2.75) is 16.9 Å². The molecule has 1 aliphatic rings. The molecule has 7 heteroatoms. The Morgan fingerprint density at radius 1 is 0.769 bits per heavy atom. The van der Waals surface area contributed by atoms with Crippen LogP contribution in [0.5, 0.6) is 11.5 Å². The molecule has 0 unspecified atom stereocenters. The summed E-state index contributed by atoms with van der Waals surface area (Å²) in [5.74, 6) is 0.893. The lowest BCUT2D eigenvalue weighted by Crippen LogP contribution is -2.35. The summed E-state index contributed by atoms with van der Waals surface area (Å²) in [4.78, 5) is 23.2. The molecule has 1 aliphatic heterocycles. The molecule has 0 N–H and O–H groups in total. The van der Waals surface area contributed by atoms with Crippen molar-refractivity contribution in [2.75, 3.05) is 13.2 Å². The van der Waals surface area contributed by atoms with Crippen LogP contribution in [0.15, 0.2) is 60.7 Å². The molecule has 0 bridgehead atoms. The minimum Gasteiger partial charge on any atom is -0.433 e. The Morgan fingerprint density at radius 2 is 1.15 bits per heavy atom. The molecule has 2 aromatic carbocycles. The molecule has 2 aromatic rings. The minimum atomic E-state index is -0.720. The van der Waals surface area contributed by atoms with Crippen LogP contribution in [-0.4, -0.2) is 36.0 Å². The van der Waals surface area contributed by atoms with Crippen LogP contribution in [0, 0.1) is 0 Å². The van der Waals surface area contributed by atoms with Crippen molar-refractivity contribution in [3.05, 3.63) is 60.7 Å². The predicted molar refractivity (Wildman–Crippen MR) is 96.6 cm³/mol. The second-order valence-corrected chi connectivity index (χ2v) is 7.17. The summed E-state index contributed by atoms with van der Waals surface area (Å²) in [7, 11) is 0. The maximum Gasteiger partial charge on any atom is 0.513 e. The van der Waals surface area contributed by atoms with E-state index in [2.05, 4.69) is 0 Å². The van der Waals surface area contributed by atoms with Gasteiger partial charge in [0.25, 0.3) is 0 Å². The number of hydrogen-bond acceptors (Lipinski definition) is 7. The van der Waals surface area contributed by atoms with Gasteiger partial charge < -0.3 is 18.9 Å². The second-order valence-electron chi connectivity index (χ2n) is 5.57. The highest BCUT2D eigenvalue weighted by atomic mass is 32.2. The van der Waals surface area contributed by atoms with Crippen molar-refractivity contribution in [3.8, 4) is 11.5 Å². The zero-order valence-corrected chi connectivity index (χ0v) is 14.7. The fourth-order valence-corrected chi connectivity index (χ4v) is 3.49. The fraction of sp³-hybridized carbons (Fsp3) is 0.263. The summed E-state index contributed by atoms with van der Waals surface area (Å²) < 4.78 is 20.3. The number of ether oxygens (including phenoxy) is 4. The van der Waals surface area contributed by atoms with E-state index >= 15 is 0 Å². The van der Waals surface area contributed by atoms with Gasteiger partial charge in [-0.15, -0.1) is 11.8 Å². The maximum atomic E-state index is 11.6. The first-order valence-electron chi connectivity index (χ1n) is 8.14. The van der Waals surface area contributed by atoms with Gasteiger partial charge in [-0.25, -0.2) is 9.59 Å². The van der Waals surface area contributed by atoms with Gasteiger partial charge in [0.1, 0.15) is 24.7 Å². The molecule has 136 valence electrons. The van der Waals surface area contributed by atoms with E-state index in [0.29, 0.717) is 11.5 Å². The summed E-state index contributed by atoms with van der Waals surface area (Å²) in [6, 6.07) is 17.5. The highest BCUT2D eigenvalue weighted by molar-refractivity contribution is 8.01. The van der Waals surface area contributed by atoms with E-state index in [4.69, 9.17) is 18.9 Å². The Morgan fingerprint density at radius 3 is 1.54 bits per heavy atom. The Hall–Kier alpha value is -2.67. The number of carbonyl (C=O) groups is 2. The van der Waals surface area contributed by atoms with Crippen LogP contribution >= 0.6 is 11.8 Å². The molecule has 0 amide bonds. The van der Waals surface area contributed by atoms with Crippen molar-refractivity contribution in [3.63, 3.8) is 0 Å². The van der Waals surface area contributed by atoms with E-state index in [9.17, 15) is 9.59 Å². The smallest absolute Gasteiger partial charge is 0.433 e. The number of carbonyl (C=O) groups excluding carboxylic acids is 2. The number of para-hydroxylation sites is 2. The Kier molecular flexibility index (Phi) is 6.38. The lowest BCUT2D eigenvalue weighted by molar-refractivity contribution is 0.0906. The Labute approximate surface area is 155 Å². The van der Waals surface area contributed by atoms with Crippen LogP contribution in [-0.2, 0) is 9.47 Å². The van der Waals surface area contributed by atoms with Gasteiger partial charge in [-0.05, 0) is 30.7 Å². The molecular formula is C19H18O6S. The van der Waals surface area contributed by atoms with Crippen LogP contribution in [0.1, 0.15) is 6.42 Å². The number of hydrogen-bond donors (Lipinski definition) is 0. The SMILES string of the molecule is O=C(OC[C@@H]1C[C@@H](COC(=O)Oc2ccccc2)S1)Oc1ccccc1. The van der Waals surface area contributed by atoms with E-state index in [1.807, 2.05) is 12.1 Å². The third-order valence-corrected chi connectivity index (χ3v) is 5.00. The average Bonchev–Trinajstić information content (AvgIpc) is 2.61. The molecule has 1 fully saturated rings. The first kappa shape index (κ1) is 18.1. The molecule has 1 saturated heterocycles. The van der Waals surface area contributed by atoms with Crippen molar-refractivity contribution < 1.29 is 28.5 Å². The molecule has 26 heavy (non-hydrogen) atoms.